The number of halogens is 1. The summed E-state index contributed by atoms with van der Waals surface area (Å²) < 4.78 is 5.77. The number of carbonyl (C=O) groups excluding carboxylic acids is 1. The Labute approximate surface area is 168 Å². The highest BCUT2D eigenvalue weighted by Crippen LogP contribution is 2.32. The molecule has 144 valence electrons. The molecule has 2 aromatic heterocycles. The molecule has 0 radical (unpaired) electrons. The first-order valence-electron chi connectivity index (χ1n) is 9.36. The molecule has 6 heteroatoms. The molecular weight excluding hydrogens is 376 g/mol. The molecule has 1 fully saturated rings. The molecule has 3 aromatic rings. The number of hydrogen-bond donors (Lipinski definition) is 1. The Kier molecular flexibility index (Phi) is 5.46. The largest absolute Gasteiger partial charge is 0.451 e. The maximum atomic E-state index is 12.8. The number of nitrogens with zero attached hydrogens (tertiary/aromatic N) is 2. The number of furan rings is 1. The molecular formula is C22H21ClN2O3. The molecule has 3 heterocycles. The van der Waals surface area contributed by atoms with Crippen LogP contribution in [0.5, 0.6) is 0 Å². The van der Waals surface area contributed by atoms with Gasteiger partial charge in [-0.05, 0) is 55.2 Å². The van der Waals surface area contributed by atoms with Gasteiger partial charge in [0.1, 0.15) is 5.76 Å². The summed E-state index contributed by atoms with van der Waals surface area (Å²) in [6, 6.07) is 16.4. The Morgan fingerprint density at radius 2 is 1.86 bits per heavy atom. The zero-order valence-corrected chi connectivity index (χ0v) is 16.0. The number of aliphatic hydroxyl groups excluding tert-OH is 1. The minimum atomic E-state index is -0.603. The van der Waals surface area contributed by atoms with Gasteiger partial charge in [-0.1, -0.05) is 29.8 Å². The monoisotopic (exact) mass is 396 g/mol. The Morgan fingerprint density at radius 1 is 1.11 bits per heavy atom. The lowest BCUT2D eigenvalue weighted by atomic mass is 9.89. The van der Waals surface area contributed by atoms with Gasteiger partial charge in [0.25, 0.3) is 5.91 Å². The second-order valence-electron chi connectivity index (χ2n) is 6.97. The van der Waals surface area contributed by atoms with Crippen molar-refractivity contribution in [1.29, 1.82) is 0 Å². The zero-order valence-electron chi connectivity index (χ0n) is 15.3. The van der Waals surface area contributed by atoms with E-state index in [9.17, 15) is 9.90 Å². The lowest BCUT2D eigenvalue weighted by Crippen LogP contribution is -2.39. The van der Waals surface area contributed by atoms with Gasteiger partial charge >= 0.3 is 0 Å². The van der Waals surface area contributed by atoms with Crippen LogP contribution in [0.2, 0.25) is 5.02 Å². The minimum Gasteiger partial charge on any atom is -0.451 e. The number of piperidine rings is 1. The number of aromatic nitrogens is 1. The van der Waals surface area contributed by atoms with Crippen molar-refractivity contribution in [1.82, 2.24) is 9.88 Å². The summed E-state index contributed by atoms with van der Waals surface area (Å²) in [4.78, 5) is 18.8. The minimum absolute atomic E-state index is 0.0919. The second kappa shape index (κ2) is 8.17. The molecule has 1 atom stereocenters. The average molecular weight is 397 g/mol. The van der Waals surface area contributed by atoms with Gasteiger partial charge in [-0.2, -0.15) is 0 Å². The van der Waals surface area contributed by atoms with Gasteiger partial charge in [0, 0.05) is 24.8 Å². The van der Waals surface area contributed by atoms with E-state index in [-0.39, 0.29) is 11.8 Å². The molecule has 0 saturated carbocycles. The van der Waals surface area contributed by atoms with E-state index in [0.717, 1.165) is 18.4 Å². The number of likely N-dealkylation sites (tertiary alicyclic amines) is 1. The molecule has 1 saturated heterocycles. The van der Waals surface area contributed by atoms with Crippen molar-refractivity contribution in [3.8, 4) is 11.3 Å². The smallest absolute Gasteiger partial charge is 0.289 e. The second-order valence-corrected chi connectivity index (χ2v) is 7.38. The predicted molar refractivity (Wildman–Crippen MR) is 107 cm³/mol. The summed E-state index contributed by atoms with van der Waals surface area (Å²) in [6.07, 6.45) is 2.53. The molecule has 4 rings (SSSR count). The average Bonchev–Trinajstić information content (AvgIpc) is 3.24. The molecule has 28 heavy (non-hydrogen) atoms. The van der Waals surface area contributed by atoms with E-state index in [1.807, 2.05) is 36.4 Å². The van der Waals surface area contributed by atoms with Crippen LogP contribution in [0.1, 0.15) is 35.2 Å². The maximum Gasteiger partial charge on any atom is 0.289 e. The first-order chi connectivity index (χ1) is 13.6. The number of aliphatic hydroxyl groups is 1. The number of benzene rings is 1. The normalized spacial score (nSPS) is 16.1. The van der Waals surface area contributed by atoms with Crippen molar-refractivity contribution in [2.45, 2.75) is 18.9 Å². The van der Waals surface area contributed by atoms with Crippen molar-refractivity contribution in [2.75, 3.05) is 13.1 Å². The third kappa shape index (κ3) is 3.81. The molecule has 1 N–H and O–H groups in total. The molecule has 1 aromatic carbocycles. The summed E-state index contributed by atoms with van der Waals surface area (Å²) in [7, 11) is 0. The van der Waals surface area contributed by atoms with Gasteiger partial charge in [-0.15, -0.1) is 0 Å². The quantitative estimate of drug-likeness (QED) is 0.700. The van der Waals surface area contributed by atoms with Crippen molar-refractivity contribution in [3.05, 3.63) is 77.3 Å². The van der Waals surface area contributed by atoms with Gasteiger partial charge in [-0.25, -0.2) is 0 Å². The van der Waals surface area contributed by atoms with Crippen LogP contribution in [0.25, 0.3) is 11.3 Å². The van der Waals surface area contributed by atoms with Crippen molar-refractivity contribution < 1.29 is 14.3 Å². The van der Waals surface area contributed by atoms with Gasteiger partial charge < -0.3 is 14.4 Å². The summed E-state index contributed by atoms with van der Waals surface area (Å²) in [5.74, 6) is 0.839. The number of pyridine rings is 1. The topological polar surface area (TPSA) is 66.6 Å². The number of amides is 1. The van der Waals surface area contributed by atoms with Crippen LogP contribution in [0, 0.1) is 5.92 Å². The molecule has 0 aliphatic carbocycles. The van der Waals surface area contributed by atoms with Crippen LogP contribution in [0.3, 0.4) is 0 Å². The van der Waals surface area contributed by atoms with E-state index in [0.29, 0.717) is 35.3 Å². The van der Waals surface area contributed by atoms with E-state index in [1.54, 1.807) is 29.3 Å². The summed E-state index contributed by atoms with van der Waals surface area (Å²) in [5, 5.41) is 11.1. The third-order valence-corrected chi connectivity index (χ3v) is 5.55. The van der Waals surface area contributed by atoms with Gasteiger partial charge in [0.2, 0.25) is 0 Å². The van der Waals surface area contributed by atoms with E-state index in [1.165, 1.54) is 0 Å². The van der Waals surface area contributed by atoms with Crippen molar-refractivity contribution in [2.24, 2.45) is 5.92 Å². The van der Waals surface area contributed by atoms with Crippen LogP contribution in [0.15, 0.2) is 65.2 Å². The summed E-state index contributed by atoms with van der Waals surface area (Å²) in [5.41, 5.74) is 1.45. The van der Waals surface area contributed by atoms with E-state index in [4.69, 9.17) is 16.0 Å². The highest BCUT2D eigenvalue weighted by atomic mass is 35.5. The van der Waals surface area contributed by atoms with Crippen LogP contribution >= 0.6 is 11.6 Å². The van der Waals surface area contributed by atoms with Gasteiger partial charge in [0.05, 0.1) is 16.8 Å². The molecule has 0 unspecified atom stereocenters. The Hall–Kier alpha value is -2.63. The van der Waals surface area contributed by atoms with Gasteiger partial charge in [0.15, 0.2) is 5.76 Å². The van der Waals surface area contributed by atoms with Crippen LogP contribution in [0.4, 0.5) is 0 Å². The first-order valence-corrected chi connectivity index (χ1v) is 9.74. The van der Waals surface area contributed by atoms with Gasteiger partial charge in [-0.3, -0.25) is 9.78 Å². The summed E-state index contributed by atoms with van der Waals surface area (Å²) in [6.45, 7) is 1.16. The third-order valence-electron chi connectivity index (χ3n) is 5.22. The first kappa shape index (κ1) is 18.7. The van der Waals surface area contributed by atoms with E-state index in [2.05, 4.69) is 4.98 Å². The SMILES string of the molecule is O=C(c1ccc(-c2ccccc2Cl)o1)N1CCC([C@H](O)c2ccccn2)CC1. The van der Waals surface area contributed by atoms with E-state index < -0.39 is 6.10 Å². The Balaban J connectivity index is 1.40. The molecule has 1 amide bonds. The fraction of sp³-hybridized carbons (Fsp3) is 0.273. The lowest BCUT2D eigenvalue weighted by Gasteiger charge is -2.33. The molecule has 0 spiro atoms. The van der Waals surface area contributed by atoms with Crippen molar-refractivity contribution in [3.63, 3.8) is 0 Å². The standard InChI is InChI=1S/C22H21ClN2O3/c23-17-6-2-1-5-16(17)19-8-9-20(28-19)22(27)25-13-10-15(11-14-25)21(26)18-7-3-4-12-24-18/h1-9,12,15,21,26H,10-11,13-14H2/t21-/m0/s1. The number of rotatable bonds is 4. The maximum absolute atomic E-state index is 12.8. The molecule has 1 aliphatic heterocycles. The van der Waals surface area contributed by atoms with Crippen LogP contribution in [-0.4, -0.2) is 34.0 Å². The zero-order chi connectivity index (χ0) is 19.5. The predicted octanol–water partition coefficient (Wildman–Crippen LogP) is 4.58. The van der Waals surface area contributed by atoms with E-state index >= 15 is 0 Å². The van der Waals surface area contributed by atoms with Crippen molar-refractivity contribution >= 4 is 17.5 Å². The number of carbonyl (C=O) groups is 1. The van der Waals surface area contributed by atoms with Crippen LogP contribution in [-0.2, 0) is 0 Å². The molecule has 1 aliphatic rings. The summed E-state index contributed by atoms with van der Waals surface area (Å²) >= 11 is 6.21. The molecule has 5 nitrogen and oxygen atoms in total. The number of hydrogen-bond acceptors (Lipinski definition) is 4. The lowest BCUT2D eigenvalue weighted by molar-refractivity contribution is 0.0429. The fourth-order valence-electron chi connectivity index (χ4n) is 3.63. The molecule has 0 bridgehead atoms. The highest BCUT2D eigenvalue weighted by Gasteiger charge is 2.30. The Morgan fingerprint density at radius 3 is 2.57 bits per heavy atom. The highest BCUT2D eigenvalue weighted by molar-refractivity contribution is 6.33. The van der Waals surface area contributed by atoms with Crippen LogP contribution < -0.4 is 0 Å². The Bertz CT molecular complexity index is 949. The fourth-order valence-corrected chi connectivity index (χ4v) is 3.85.